The predicted molar refractivity (Wildman–Crippen MR) is 75.9 cm³/mol. The summed E-state index contributed by atoms with van der Waals surface area (Å²) in [6.07, 6.45) is 8.61. The first kappa shape index (κ1) is 14.2. The molecule has 0 aromatic carbocycles. The Balaban J connectivity index is 0.000000386. The number of hydrogen-bond acceptors (Lipinski definition) is 4. The monoisotopic (exact) mass is 258 g/mol. The maximum Gasteiger partial charge on any atom is 0.0506 e. The Morgan fingerprint density at radius 2 is 1.00 bits per heavy atom. The van der Waals surface area contributed by atoms with E-state index in [0.717, 1.165) is 0 Å². The molecule has 16 heavy (non-hydrogen) atoms. The third kappa shape index (κ3) is 6.02. The molecule has 0 unspecified atom stereocenters. The summed E-state index contributed by atoms with van der Waals surface area (Å²) >= 11 is 7.92. The predicted octanol–water partition coefficient (Wildman–Crippen LogP) is 2.93. The molecule has 0 radical (unpaired) electrons. The lowest BCUT2D eigenvalue weighted by Gasteiger charge is -2.34. The first-order valence-electron chi connectivity index (χ1n) is 6.31. The largest absolute Gasteiger partial charge is 0.290 e. The van der Waals surface area contributed by atoms with Gasteiger partial charge in [0.25, 0.3) is 0 Å². The topological polar surface area (TPSA) is 6.48 Å². The summed E-state index contributed by atoms with van der Waals surface area (Å²) in [4.78, 5) is 5.27. The maximum atomic E-state index is 3.96. The third-order valence-corrected chi connectivity index (χ3v) is 3.30. The van der Waals surface area contributed by atoms with Crippen molar-refractivity contribution in [2.45, 2.75) is 38.5 Å². The molecule has 92 valence electrons. The number of piperidine rings is 2. The first-order valence-corrected chi connectivity index (χ1v) is 7.12. The molecule has 2 aliphatic rings. The highest BCUT2D eigenvalue weighted by molar-refractivity contribution is 7.93. The Kier molecular flexibility index (Phi) is 8.17. The van der Waals surface area contributed by atoms with E-state index in [9.17, 15) is 0 Å². The van der Waals surface area contributed by atoms with Gasteiger partial charge in [0.15, 0.2) is 0 Å². The lowest BCUT2D eigenvalue weighted by molar-refractivity contribution is 0.0979. The Hall–Kier alpha value is 0.140. The van der Waals surface area contributed by atoms with Crippen LogP contribution in [-0.4, -0.2) is 47.0 Å². The molecule has 0 saturated carbocycles. The van der Waals surface area contributed by atoms with Crippen molar-refractivity contribution in [3.05, 3.63) is 0 Å². The van der Waals surface area contributed by atoms with Gasteiger partial charge in [-0.3, -0.25) is 9.80 Å². The molecule has 0 spiro atoms. The van der Waals surface area contributed by atoms with Crippen molar-refractivity contribution in [2.24, 2.45) is 0 Å². The van der Waals surface area contributed by atoms with Crippen molar-refractivity contribution >= 4 is 28.7 Å². The molecule has 4 heteroatoms. The van der Waals surface area contributed by atoms with Gasteiger partial charge in [0, 0.05) is 4.31 Å². The van der Waals surface area contributed by atoms with Gasteiger partial charge >= 0.3 is 0 Å². The van der Waals surface area contributed by atoms with Crippen LogP contribution >= 0.6 is 24.4 Å². The normalized spacial score (nSPS) is 23.0. The highest BCUT2D eigenvalue weighted by Crippen LogP contribution is 2.12. The van der Waals surface area contributed by atoms with Gasteiger partial charge in [0.05, 0.1) is 6.67 Å². The van der Waals surface area contributed by atoms with Gasteiger partial charge in [0.1, 0.15) is 0 Å². The molecule has 2 heterocycles. The Morgan fingerprint density at radius 3 is 1.31 bits per heavy atom. The van der Waals surface area contributed by atoms with E-state index < -0.39 is 0 Å². The fourth-order valence-electron chi connectivity index (χ4n) is 2.48. The van der Waals surface area contributed by atoms with E-state index in [1.807, 2.05) is 4.31 Å². The van der Waals surface area contributed by atoms with E-state index in [1.54, 1.807) is 0 Å². The van der Waals surface area contributed by atoms with Gasteiger partial charge in [-0.2, -0.15) is 0 Å². The molecule has 2 rings (SSSR count). The second kappa shape index (κ2) is 9.20. The summed E-state index contributed by atoms with van der Waals surface area (Å²) in [5, 5.41) is 0. The van der Waals surface area contributed by atoms with Crippen LogP contribution in [0.2, 0.25) is 0 Å². The molecule has 2 saturated heterocycles. The number of hydrogen-bond donors (Lipinski definition) is 0. The number of thiocarbonyl (C=S) groups is 2. The summed E-state index contributed by atoms with van der Waals surface area (Å²) in [5.41, 5.74) is 0. The molecule has 2 fully saturated rings. The zero-order chi connectivity index (χ0) is 11.6. The molecular formula is C12H22N2S2. The summed E-state index contributed by atoms with van der Waals surface area (Å²) < 4.78 is 1.92. The number of nitrogens with zero attached hydrogens (tertiary/aromatic N) is 2. The van der Waals surface area contributed by atoms with Crippen LogP contribution in [0, 0.1) is 0 Å². The number of rotatable bonds is 2. The van der Waals surface area contributed by atoms with E-state index in [2.05, 4.69) is 34.2 Å². The minimum Gasteiger partial charge on any atom is -0.290 e. The second-order valence-electron chi connectivity index (χ2n) is 4.58. The van der Waals surface area contributed by atoms with Crippen LogP contribution in [0.15, 0.2) is 0 Å². The van der Waals surface area contributed by atoms with Gasteiger partial charge in [-0.1, -0.05) is 12.8 Å². The molecule has 0 bridgehead atoms. The Labute approximate surface area is 110 Å². The standard InChI is InChI=1S/C11H22N2.CS2/c1-3-7-12(8-4-1)11-13-9-5-2-6-10-13;2-1-3/h1-11H2;. The highest BCUT2D eigenvalue weighted by atomic mass is 32.1. The zero-order valence-electron chi connectivity index (χ0n) is 9.99. The summed E-state index contributed by atoms with van der Waals surface area (Å²) in [5.74, 6) is 0. The van der Waals surface area contributed by atoms with Crippen LogP contribution in [0.1, 0.15) is 38.5 Å². The van der Waals surface area contributed by atoms with E-state index >= 15 is 0 Å². The average molecular weight is 258 g/mol. The summed E-state index contributed by atoms with van der Waals surface area (Å²) in [6.45, 7) is 6.62. The van der Waals surface area contributed by atoms with Gasteiger partial charge in [0.2, 0.25) is 0 Å². The Morgan fingerprint density at radius 1 is 0.688 bits per heavy atom. The van der Waals surface area contributed by atoms with Crippen molar-refractivity contribution in [1.82, 2.24) is 9.80 Å². The quantitative estimate of drug-likeness (QED) is 0.702. The van der Waals surface area contributed by atoms with Crippen molar-refractivity contribution in [3.63, 3.8) is 0 Å². The van der Waals surface area contributed by atoms with Gasteiger partial charge in [-0.05, 0) is 76.3 Å². The van der Waals surface area contributed by atoms with Crippen molar-refractivity contribution < 1.29 is 0 Å². The lowest BCUT2D eigenvalue weighted by Crippen LogP contribution is -2.42. The molecule has 0 aromatic heterocycles. The zero-order valence-corrected chi connectivity index (χ0v) is 11.6. The van der Waals surface area contributed by atoms with Crippen molar-refractivity contribution in [1.29, 1.82) is 0 Å². The minimum atomic E-state index is 1.25. The van der Waals surface area contributed by atoms with Crippen LogP contribution in [0.25, 0.3) is 0 Å². The SMILES string of the molecule is C1CCN(CN2CCCCC2)CC1.S=C=S. The molecule has 0 N–H and O–H groups in total. The lowest BCUT2D eigenvalue weighted by atomic mass is 10.1. The number of likely N-dealkylation sites (tertiary alicyclic amines) is 2. The molecule has 0 aromatic rings. The van der Waals surface area contributed by atoms with Crippen LogP contribution in [0.3, 0.4) is 0 Å². The van der Waals surface area contributed by atoms with Gasteiger partial charge in [-0.25, -0.2) is 0 Å². The molecule has 0 amide bonds. The van der Waals surface area contributed by atoms with E-state index in [1.165, 1.54) is 71.4 Å². The maximum absolute atomic E-state index is 3.96. The second-order valence-corrected chi connectivity index (χ2v) is 5.25. The first-order chi connectivity index (χ1) is 7.86. The summed E-state index contributed by atoms with van der Waals surface area (Å²) in [7, 11) is 0. The molecule has 0 atom stereocenters. The molecular weight excluding hydrogens is 236 g/mol. The van der Waals surface area contributed by atoms with Crippen LogP contribution < -0.4 is 0 Å². The molecule has 0 aliphatic carbocycles. The van der Waals surface area contributed by atoms with Gasteiger partial charge < -0.3 is 0 Å². The Bertz CT molecular complexity index is 187. The third-order valence-electron chi connectivity index (χ3n) is 3.30. The van der Waals surface area contributed by atoms with Gasteiger partial charge in [-0.15, -0.1) is 0 Å². The minimum absolute atomic E-state index is 1.25. The fraction of sp³-hybridized carbons (Fsp3) is 0.917. The summed E-state index contributed by atoms with van der Waals surface area (Å²) in [6, 6.07) is 0. The van der Waals surface area contributed by atoms with Crippen LogP contribution in [0.4, 0.5) is 0 Å². The smallest absolute Gasteiger partial charge is 0.0506 e. The fourth-order valence-corrected chi connectivity index (χ4v) is 2.48. The van der Waals surface area contributed by atoms with E-state index in [4.69, 9.17) is 0 Å². The van der Waals surface area contributed by atoms with Crippen LogP contribution in [-0.2, 0) is 0 Å². The highest BCUT2D eigenvalue weighted by Gasteiger charge is 2.15. The van der Waals surface area contributed by atoms with Crippen molar-refractivity contribution in [2.75, 3.05) is 32.8 Å². The average Bonchev–Trinajstić information content (AvgIpc) is 2.33. The molecule has 2 aliphatic heterocycles. The van der Waals surface area contributed by atoms with E-state index in [-0.39, 0.29) is 0 Å². The van der Waals surface area contributed by atoms with Crippen LogP contribution in [0.5, 0.6) is 0 Å². The molecule has 2 nitrogen and oxygen atoms in total. The van der Waals surface area contributed by atoms with Crippen molar-refractivity contribution in [3.8, 4) is 0 Å². The van der Waals surface area contributed by atoms with E-state index in [0.29, 0.717) is 0 Å².